The number of nitrogens with one attached hydrogen (secondary N) is 1. The summed E-state index contributed by atoms with van der Waals surface area (Å²) in [6, 6.07) is 5.15. The average Bonchev–Trinajstić information content (AvgIpc) is 2.88. The van der Waals surface area contributed by atoms with Gasteiger partial charge in [-0.15, -0.1) is 0 Å². The number of nitrogens with zero attached hydrogens (tertiary/aromatic N) is 2. The molecule has 2 aromatic rings. The summed E-state index contributed by atoms with van der Waals surface area (Å²) < 4.78 is 52.7. The van der Waals surface area contributed by atoms with E-state index in [1.54, 1.807) is 0 Å². The molecule has 1 heterocycles. The Kier molecular flexibility index (Phi) is 5.55. The highest BCUT2D eigenvalue weighted by Gasteiger charge is 2.37. The maximum absolute atomic E-state index is 13.0. The average molecular weight is 345 g/mol. The predicted octanol–water partition coefficient (Wildman–Crippen LogP) is 2.60. The molecule has 2 N–H and O–H groups in total. The lowest BCUT2D eigenvalue weighted by atomic mass is 10.1. The quantitative estimate of drug-likeness (QED) is 0.791. The number of amides is 1. The van der Waals surface area contributed by atoms with Crippen LogP contribution in [0.5, 0.6) is 0 Å². The molecule has 0 fully saturated rings. The predicted molar refractivity (Wildman–Crippen MR) is 77.7 cm³/mol. The fourth-order valence-electron chi connectivity index (χ4n) is 2.15. The van der Waals surface area contributed by atoms with Crippen LogP contribution in [-0.2, 0) is 23.9 Å². The van der Waals surface area contributed by atoms with Crippen LogP contribution in [0.1, 0.15) is 17.7 Å². The monoisotopic (exact) mass is 345 g/mol. The SMILES string of the molecule is O=C(Cn1cc(CCCO)c(C(F)(F)F)n1)Nc1cccc(F)c1. The molecule has 130 valence electrons. The van der Waals surface area contributed by atoms with Gasteiger partial charge in [-0.3, -0.25) is 9.48 Å². The third kappa shape index (κ3) is 4.79. The van der Waals surface area contributed by atoms with E-state index >= 15 is 0 Å². The van der Waals surface area contributed by atoms with Crippen molar-refractivity contribution in [2.75, 3.05) is 11.9 Å². The molecule has 0 atom stereocenters. The molecule has 5 nitrogen and oxygen atoms in total. The third-order valence-electron chi connectivity index (χ3n) is 3.12. The van der Waals surface area contributed by atoms with Crippen LogP contribution < -0.4 is 5.32 Å². The molecule has 0 unspecified atom stereocenters. The van der Waals surface area contributed by atoms with Crippen LogP contribution in [0.25, 0.3) is 0 Å². The van der Waals surface area contributed by atoms with Gasteiger partial charge in [-0.25, -0.2) is 4.39 Å². The first-order valence-electron chi connectivity index (χ1n) is 7.09. The molecular weight excluding hydrogens is 330 g/mol. The molecule has 0 bridgehead atoms. The van der Waals surface area contributed by atoms with E-state index in [4.69, 9.17) is 5.11 Å². The van der Waals surface area contributed by atoms with Crippen molar-refractivity contribution >= 4 is 11.6 Å². The number of rotatable bonds is 6. The molecule has 1 aromatic carbocycles. The lowest BCUT2D eigenvalue weighted by Gasteiger charge is -2.06. The third-order valence-corrected chi connectivity index (χ3v) is 3.12. The van der Waals surface area contributed by atoms with Gasteiger partial charge in [0.2, 0.25) is 5.91 Å². The normalized spacial score (nSPS) is 11.5. The first-order chi connectivity index (χ1) is 11.3. The molecule has 0 aliphatic rings. The second-order valence-electron chi connectivity index (χ2n) is 5.08. The van der Waals surface area contributed by atoms with Gasteiger partial charge in [-0.05, 0) is 31.0 Å². The summed E-state index contributed by atoms with van der Waals surface area (Å²) in [4.78, 5) is 11.9. The van der Waals surface area contributed by atoms with E-state index in [-0.39, 0.29) is 30.7 Å². The zero-order chi connectivity index (χ0) is 17.7. The summed E-state index contributed by atoms with van der Waals surface area (Å²) in [5.74, 6) is -1.18. The number of hydrogen-bond donors (Lipinski definition) is 2. The van der Waals surface area contributed by atoms with E-state index in [0.29, 0.717) is 0 Å². The van der Waals surface area contributed by atoms with Crippen molar-refractivity contribution in [2.45, 2.75) is 25.6 Å². The standard InChI is InChI=1S/C15H15F4N3O2/c16-11-4-1-5-12(7-11)20-13(24)9-22-8-10(3-2-6-23)14(21-22)15(17,18)19/h1,4-5,7-8,23H,2-3,6,9H2,(H,20,24). The zero-order valence-corrected chi connectivity index (χ0v) is 12.5. The number of hydrogen-bond acceptors (Lipinski definition) is 3. The van der Waals surface area contributed by atoms with Crippen LogP contribution in [-0.4, -0.2) is 27.4 Å². The number of anilines is 1. The Labute approximate surface area is 134 Å². The summed E-state index contributed by atoms with van der Waals surface area (Å²) in [6.07, 6.45) is -3.36. The number of halogens is 4. The Hall–Kier alpha value is -2.42. The molecule has 1 amide bonds. The van der Waals surface area contributed by atoms with Crippen molar-refractivity contribution < 1.29 is 27.5 Å². The lowest BCUT2D eigenvalue weighted by molar-refractivity contribution is -0.142. The van der Waals surface area contributed by atoms with Crippen LogP contribution in [0.3, 0.4) is 0 Å². The molecule has 9 heteroatoms. The number of carbonyl (C=O) groups excluding carboxylic acids is 1. The van der Waals surface area contributed by atoms with Crippen LogP contribution in [0.4, 0.5) is 23.2 Å². The van der Waals surface area contributed by atoms with Crippen molar-refractivity contribution in [1.29, 1.82) is 0 Å². The second kappa shape index (κ2) is 7.43. The molecule has 0 aliphatic heterocycles. The van der Waals surface area contributed by atoms with Crippen LogP contribution in [0.2, 0.25) is 0 Å². The van der Waals surface area contributed by atoms with Gasteiger partial charge in [0.1, 0.15) is 12.4 Å². The van der Waals surface area contributed by atoms with Crippen LogP contribution >= 0.6 is 0 Å². The van der Waals surface area contributed by atoms with E-state index in [0.717, 1.165) is 16.9 Å². The number of aliphatic hydroxyl groups is 1. The fourth-order valence-corrected chi connectivity index (χ4v) is 2.15. The molecular formula is C15H15F4N3O2. The van der Waals surface area contributed by atoms with Crippen molar-refractivity contribution in [2.24, 2.45) is 0 Å². The van der Waals surface area contributed by atoms with E-state index in [1.165, 1.54) is 18.2 Å². The second-order valence-corrected chi connectivity index (χ2v) is 5.08. The number of carbonyl (C=O) groups is 1. The highest BCUT2D eigenvalue weighted by atomic mass is 19.4. The van der Waals surface area contributed by atoms with E-state index in [9.17, 15) is 22.4 Å². The Morgan fingerprint density at radius 3 is 2.71 bits per heavy atom. The van der Waals surface area contributed by atoms with Gasteiger partial charge in [0, 0.05) is 24.1 Å². The van der Waals surface area contributed by atoms with Gasteiger partial charge in [-0.1, -0.05) is 6.07 Å². The van der Waals surface area contributed by atoms with Gasteiger partial charge in [0.05, 0.1) is 0 Å². The highest BCUT2D eigenvalue weighted by Crippen LogP contribution is 2.31. The Balaban J connectivity index is 2.11. The van der Waals surface area contributed by atoms with Crippen molar-refractivity contribution in [3.8, 4) is 0 Å². The molecule has 0 aliphatic carbocycles. The summed E-state index contributed by atoms with van der Waals surface area (Å²) in [5.41, 5.74) is -0.965. The van der Waals surface area contributed by atoms with Crippen molar-refractivity contribution in [3.05, 3.63) is 47.5 Å². The van der Waals surface area contributed by atoms with E-state index in [1.807, 2.05) is 0 Å². The molecule has 2 rings (SSSR count). The number of aliphatic hydroxyl groups excluding tert-OH is 1. The van der Waals surface area contributed by atoms with Gasteiger partial charge in [0.15, 0.2) is 5.69 Å². The summed E-state index contributed by atoms with van der Waals surface area (Å²) in [7, 11) is 0. The van der Waals surface area contributed by atoms with Crippen LogP contribution in [0.15, 0.2) is 30.5 Å². The smallest absolute Gasteiger partial charge is 0.396 e. The largest absolute Gasteiger partial charge is 0.435 e. The zero-order valence-electron chi connectivity index (χ0n) is 12.5. The minimum Gasteiger partial charge on any atom is -0.396 e. The first kappa shape index (κ1) is 17.9. The molecule has 1 aromatic heterocycles. The number of aromatic nitrogens is 2. The Bertz CT molecular complexity index is 713. The van der Waals surface area contributed by atoms with Gasteiger partial charge in [0.25, 0.3) is 0 Å². The van der Waals surface area contributed by atoms with Gasteiger partial charge < -0.3 is 10.4 Å². The lowest BCUT2D eigenvalue weighted by Crippen LogP contribution is -2.19. The number of aryl methyl sites for hydroxylation is 1. The Morgan fingerprint density at radius 2 is 2.08 bits per heavy atom. The van der Waals surface area contributed by atoms with Gasteiger partial charge >= 0.3 is 6.18 Å². The number of alkyl halides is 3. The molecule has 0 radical (unpaired) electrons. The Morgan fingerprint density at radius 1 is 1.33 bits per heavy atom. The number of benzene rings is 1. The maximum Gasteiger partial charge on any atom is 0.435 e. The molecule has 0 saturated carbocycles. The van der Waals surface area contributed by atoms with Crippen LogP contribution in [0, 0.1) is 5.82 Å². The minimum atomic E-state index is -4.64. The minimum absolute atomic E-state index is 0.00312. The summed E-state index contributed by atoms with van der Waals surface area (Å²) >= 11 is 0. The first-order valence-corrected chi connectivity index (χ1v) is 7.09. The van der Waals surface area contributed by atoms with E-state index < -0.39 is 30.1 Å². The molecule has 0 saturated heterocycles. The topological polar surface area (TPSA) is 67.2 Å². The summed E-state index contributed by atoms with van der Waals surface area (Å²) in [5, 5.41) is 14.5. The van der Waals surface area contributed by atoms with E-state index in [2.05, 4.69) is 10.4 Å². The van der Waals surface area contributed by atoms with Crippen molar-refractivity contribution in [3.63, 3.8) is 0 Å². The van der Waals surface area contributed by atoms with Crippen molar-refractivity contribution in [1.82, 2.24) is 9.78 Å². The molecule has 24 heavy (non-hydrogen) atoms. The summed E-state index contributed by atoms with van der Waals surface area (Å²) in [6.45, 7) is -0.693. The van der Waals surface area contributed by atoms with Gasteiger partial charge in [-0.2, -0.15) is 18.3 Å². The fraction of sp³-hybridized carbons (Fsp3) is 0.333. The highest BCUT2D eigenvalue weighted by molar-refractivity contribution is 5.90. The molecule has 0 spiro atoms. The maximum atomic E-state index is 13.0.